The number of nitrogens with zero attached hydrogens (tertiary/aromatic N) is 2. The first kappa shape index (κ1) is 33.1. The number of aromatic nitrogens is 2. The summed E-state index contributed by atoms with van der Waals surface area (Å²) in [6.07, 6.45) is 16.8. The van der Waals surface area contributed by atoms with Gasteiger partial charge in [-0.1, -0.05) is 146 Å². The van der Waals surface area contributed by atoms with Crippen LogP contribution in [0.15, 0.2) is 179 Å². The van der Waals surface area contributed by atoms with E-state index in [0.29, 0.717) is 5.92 Å². The molecule has 0 saturated heterocycles. The van der Waals surface area contributed by atoms with Crippen molar-refractivity contribution in [2.75, 3.05) is 0 Å². The number of aryl methyl sites for hydroxylation is 1. The number of hydrogen-bond donors (Lipinski definition) is 0. The van der Waals surface area contributed by atoms with Gasteiger partial charge in [-0.3, -0.25) is 0 Å². The monoisotopic (exact) mass is 702 g/mol. The summed E-state index contributed by atoms with van der Waals surface area (Å²) in [5.74, 6) is 0.430. The van der Waals surface area contributed by atoms with E-state index in [4.69, 9.17) is 0 Å². The van der Waals surface area contributed by atoms with Crippen molar-refractivity contribution in [1.82, 2.24) is 9.13 Å². The number of benzene rings is 5. The van der Waals surface area contributed by atoms with Crippen molar-refractivity contribution in [3.05, 3.63) is 202 Å². The third kappa shape index (κ3) is 5.59. The topological polar surface area (TPSA) is 9.86 Å². The van der Waals surface area contributed by atoms with Crippen molar-refractivity contribution in [3.63, 3.8) is 0 Å². The molecule has 0 N–H and O–H groups in total. The van der Waals surface area contributed by atoms with Gasteiger partial charge in [-0.05, 0) is 90.3 Å². The normalized spacial score (nSPS) is 16.0. The number of thioether (sulfide) groups is 1. The largest absolute Gasteiger partial charge is 0.336 e. The molecule has 1 atom stereocenters. The van der Waals surface area contributed by atoms with Crippen LogP contribution in [-0.4, -0.2) is 9.13 Å². The van der Waals surface area contributed by atoms with Gasteiger partial charge in [-0.15, -0.1) is 0 Å². The quantitative estimate of drug-likeness (QED) is 0.143. The Kier molecular flexibility index (Phi) is 8.52. The highest BCUT2D eigenvalue weighted by Gasteiger charge is 2.31. The Morgan fingerprint density at radius 1 is 0.774 bits per heavy atom. The first-order valence-corrected chi connectivity index (χ1v) is 19.4. The molecule has 53 heavy (non-hydrogen) atoms. The van der Waals surface area contributed by atoms with E-state index in [1.807, 2.05) is 17.8 Å². The van der Waals surface area contributed by atoms with Crippen LogP contribution in [0, 0.1) is 13.8 Å². The second kappa shape index (κ2) is 13.7. The van der Waals surface area contributed by atoms with Crippen molar-refractivity contribution >= 4 is 56.1 Å². The molecule has 0 fully saturated rings. The van der Waals surface area contributed by atoms with Crippen molar-refractivity contribution in [1.29, 1.82) is 0 Å². The number of para-hydroxylation sites is 4. The van der Waals surface area contributed by atoms with E-state index in [1.165, 1.54) is 81.7 Å². The van der Waals surface area contributed by atoms with Gasteiger partial charge in [0.2, 0.25) is 0 Å². The average molecular weight is 703 g/mol. The van der Waals surface area contributed by atoms with E-state index >= 15 is 0 Å². The Hall–Kier alpha value is -5.77. The van der Waals surface area contributed by atoms with Gasteiger partial charge >= 0.3 is 0 Å². The molecule has 3 heteroatoms. The molecule has 0 saturated carbocycles. The van der Waals surface area contributed by atoms with Crippen LogP contribution in [0.1, 0.15) is 47.2 Å². The Balaban J connectivity index is 1.09. The van der Waals surface area contributed by atoms with E-state index in [2.05, 4.69) is 188 Å². The van der Waals surface area contributed by atoms with E-state index < -0.39 is 0 Å². The molecule has 2 aromatic heterocycles. The highest BCUT2D eigenvalue weighted by molar-refractivity contribution is 8.03. The van der Waals surface area contributed by atoms with Crippen LogP contribution in [0.5, 0.6) is 0 Å². The van der Waals surface area contributed by atoms with Gasteiger partial charge < -0.3 is 9.13 Å². The lowest BCUT2D eigenvalue weighted by molar-refractivity contribution is 0.848. The maximum Gasteiger partial charge on any atom is 0.0570 e. The predicted octanol–water partition coefficient (Wildman–Crippen LogP) is 13.7. The summed E-state index contributed by atoms with van der Waals surface area (Å²) in [6.45, 7) is 11.6. The Bertz CT molecular complexity index is 2760. The summed E-state index contributed by atoms with van der Waals surface area (Å²) in [7, 11) is 0. The van der Waals surface area contributed by atoms with E-state index in [1.54, 1.807) is 0 Å². The molecule has 3 heterocycles. The van der Waals surface area contributed by atoms with Crippen LogP contribution in [0.2, 0.25) is 0 Å². The van der Waals surface area contributed by atoms with E-state index in [9.17, 15) is 0 Å². The van der Waals surface area contributed by atoms with Crippen LogP contribution in [0.3, 0.4) is 0 Å². The Labute approximate surface area is 316 Å². The lowest BCUT2D eigenvalue weighted by Crippen LogP contribution is -2.04. The first-order valence-electron chi connectivity index (χ1n) is 18.6. The second-order valence-electron chi connectivity index (χ2n) is 14.1. The van der Waals surface area contributed by atoms with Crippen LogP contribution >= 0.6 is 11.8 Å². The SMILES string of the molecule is C=CC(=C\c1c(C)n(-c2ccccc2C)c2ccccc12)/C(/C=C\Cn1c2ccccc2c2cccc(C3=CC=C4Sc5ccccc5C4C3)c21)=C/C. The highest BCUT2D eigenvalue weighted by atomic mass is 32.2. The number of rotatable bonds is 8. The zero-order chi connectivity index (χ0) is 36.1. The fourth-order valence-corrected chi connectivity index (χ4v) is 9.78. The lowest BCUT2D eigenvalue weighted by atomic mass is 9.85. The Morgan fingerprint density at radius 2 is 1.51 bits per heavy atom. The van der Waals surface area contributed by atoms with Crippen LogP contribution in [0.25, 0.3) is 50.0 Å². The molecule has 1 aliphatic heterocycles. The van der Waals surface area contributed by atoms with E-state index in [0.717, 1.165) is 24.1 Å². The molecule has 5 aromatic carbocycles. The van der Waals surface area contributed by atoms with Gasteiger partial charge in [-0.25, -0.2) is 0 Å². The molecule has 0 radical (unpaired) electrons. The number of hydrogen-bond acceptors (Lipinski definition) is 1. The third-order valence-corrected chi connectivity index (χ3v) is 12.4. The molecular formula is C50H42N2S. The second-order valence-corrected chi connectivity index (χ2v) is 15.2. The van der Waals surface area contributed by atoms with Crippen molar-refractivity contribution < 1.29 is 0 Å². The lowest BCUT2D eigenvalue weighted by Gasteiger charge is -2.21. The predicted molar refractivity (Wildman–Crippen MR) is 229 cm³/mol. The number of allylic oxidation sites excluding steroid dienone is 10. The summed E-state index contributed by atoms with van der Waals surface area (Å²) in [4.78, 5) is 2.86. The Morgan fingerprint density at radius 3 is 2.34 bits per heavy atom. The van der Waals surface area contributed by atoms with Crippen molar-refractivity contribution in [2.45, 2.75) is 44.6 Å². The van der Waals surface area contributed by atoms with Gasteiger partial charge in [0.1, 0.15) is 0 Å². The molecule has 258 valence electrons. The minimum atomic E-state index is 0.430. The number of fused-ring (bicyclic) bond motifs is 7. The summed E-state index contributed by atoms with van der Waals surface area (Å²) in [5, 5.41) is 3.84. The highest BCUT2D eigenvalue weighted by Crippen LogP contribution is 2.54. The minimum absolute atomic E-state index is 0.430. The van der Waals surface area contributed by atoms with Crippen LogP contribution in [0.4, 0.5) is 0 Å². The summed E-state index contributed by atoms with van der Waals surface area (Å²) < 4.78 is 4.91. The zero-order valence-corrected chi connectivity index (χ0v) is 31.3. The van der Waals surface area contributed by atoms with Gasteiger partial charge in [0.25, 0.3) is 0 Å². The molecule has 2 nitrogen and oxygen atoms in total. The molecule has 1 unspecified atom stereocenters. The molecule has 0 spiro atoms. The maximum absolute atomic E-state index is 4.29. The van der Waals surface area contributed by atoms with Gasteiger partial charge in [0.15, 0.2) is 0 Å². The molecule has 7 aromatic rings. The fourth-order valence-electron chi connectivity index (χ4n) is 8.56. The summed E-state index contributed by atoms with van der Waals surface area (Å²) in [6, 6.07) is 42.0. The summed E-state index contributed by atoms with van der Waals surface area (Å²) >= 11 is 1.93. The maximum atomic E-state index is 4.29. The van der Waals surface area contributed by atoms with Crippen molar-refractivity contribution in [3.8, 4) is 5.69 Å². The van der Waals surface area contributed by atoms with Gasteiger partial charge in [-0.2, -0.15) is 0 Å². The average Bonchev–Trinajstić information content (AvgIpc) is 3.83. The molecule has 0 amide bonds. The van der Waals surface area contributed by atoms with Gasteiger partial charge in [0.05, 0.1) is 11.0 Å². The van der Waals surface area contributed by atoms with Crippen LogP contribution < -0.4 is 0 Å². The zero-order valence-electron chi connectivity index (χ0n) is 30.5. The molecule has 9 rings (SSSR count). The third-order valence-electron chi connectivity index (χ3n) is 11.1. The summed E-state index contributed by atoms with van der Waals surface area (Å²) in [5.41, 5.74) is 15.1. The smallest absolute Gasteiger partial charge is 0.0570 e. The van der Waals surface area contributed by atoms with Crippen molar-refractivity contribution in [2.24, 2.45) is 0 Å². The first-order chi connectivity index (χ1) is 26.1. The fraction of sp³-hybridized carbons (Fsp3) is 0.120. The minimum Gasteiger partial charge on any atom is -0.336 e. The molecule has 0 bridgehead atoms. The van der Waals surface area contributed by atoms with Gasteiger partial charge in [0, 0.05) is 61.5 Å². The molecule has 1 aliphatic carbocycles. The molecule has 2 aliphatic rings. The van der Waals surface area contributed by atoms with Crippen LogP contribution in [-0.2, 0) is 6.54 Å². The molecular weight excluding hydrogens is 661 g/mol. The standard InChI is InChI=1S/C50H42N2S/c1-5-35(36(6-2)31-43-34(4)52(45-24-11-7-17-33(45)3)47-26-13-9-20-40(43)47)18-16-30-51-46-25-12-8-19-39(46)42-23-15-22-38(50(42)51)37-28-29-49-44(32-37)41-21-10-14-27-48(41)53-49/h5-29,31,44H,2,30,32H2,1,3-4H3/b18-16-,35-5+,36-31+. The van der Waals surface area contributed by atoms with E-state index in [-0.39, 0.29) is 0 Å².